The molecule has 0 atom stereocenters. The molecule has 2 N–H and O–H groups in total. The van der Waals surface area contributed by atoms with E-state index in [1.165, 1.54) is 0 Å². The van der Waals surface area contributed by atoms with E-state index in [0.717, 1.165) is 23.2 Å². The first-order valence-electron chi connectivity index (χ1n) is 6.45. The monoisotopic (exact) mass is 327 g/mol. The highest BCUT2D eigenvalue weighted by molar-refractivity contribution is 9.10. The lowest BCUT2D eigenvalue weighted by molar-refractivity contribution is -0.115. The Morgan fingerprint density at radius 3 is 2.79 bits per heavy atom. The number of halogens is 1. The number of rotatable bonds is 7. The van der Waals surface area contributed by atoms with Crippen LogP contribution in [-0.2, 0) is 4.79 Å². The van der Waals surface area contributed by atoms with Crippen LogP contribution in [0.15, 0.2) is 28.7 Å². The van der Waals surface area contributed by atoms with Gasteiger partial charge in [-0.1, -0.05) is 22.0 Å². The van der Waals surface area contributed by atoms with Crippen molar-refractivity contribution in [2.45, 2.75) is 19.9 Å². The maximum Gasteiger partial charge on any atom is 0.238 e. The van der Waals surface area contributed by atoms with Gasteiger partial charge in [0, 0.05) is 29.3 Å². The minimum Gasteiger partial charge on any atom is -0.325 e. The molecular formula is C14H22BrN3O. The molecule has 0 aliphatic carbocycles. The number of benzene rings is 1. The van der Waals surface area contributed by atoms with Crippen molar-refractivity contribution in [1.82, 2.24) is 10.2 Å². The van der Waals surface area contributed by atoms with Crippen LogP contribution in [0.25, 0.3) is 0 Å². The van der Waals surface area contributed by atoms with Gasteiger partial charge in [-0.2, -0.15) is 0 Å². The van der Waals surface area contributed by atoms with Crippen molar-refractivity contribution in [2.24, 2.45) is 0 Å². The maximum absolute atomic E-state index is 11.7. The van der Waals surface area contributed by atoms with E-state index in [1.807, 2.05) is 24.3 Å². The highest BCUT2D eigenvalue weighted by Gasteiger charge is 2.04. The molecule has 1 aromatic carbocycles. The molecule has 1 rings (SSSR count). The molecule has 19 heavy (non-hydrogen) atoms. The lowest BCUT2D eigenvalue weighted by atomic mass is 10.3. The lowest BCUT2D eigenvalue weighted by Crippen LogP contribution is -2.36. The summed E-state index contributed by atoms with van der Waals surface area (Å²) in [6.45, 7) is 6.38. The van der Waals surface area contributed by atoms with Gasteiger partial charge in [0.05, 0.1) is 6.54 Å². The summed E-state index contributed by atoms with van der Waals surface area (Å²) in [5.74, 6) is -0.0229. The molecule has 0 saturated carbocycles. The fourth-order valence-corrected chi connectivity index (χ4v) is 1.89. The van der Waals surface area contributed by atoms with Crippen LogP contribution >= 0.6 is 15.9 Å². The first kappa shape index (κ1) is 16.1. The second kappa shape index (κ2) is 8.30. The Labute approximate surface area is 123 Å². The Morgan fingerprint density at radius 2 is 2.16 bits per heavy atom. The minimum atomic E-state index is -0.0229. The van der Waals surface area contributed by atoms with Gasteiger partial charge in [0.25, 0.3) is 0 Å². The summed E-state index contributed by atoms with van der Waals surface area (Å²) >= 11 is 3.37. The standard InChI is InChI=1S/C14H22BrN3O/c1-11(2)18(3)8-7-16-10-14(19)17-13-6-4-5-12(15)9-13/h4-6,9,11,16H,7-8,10H2,1-3H3,(H,17,19). The Morgan fingerprint density at radius 1 is 1.42 bits per heavy atom. The number of amides is 1. The summed E-state index contributed by atoms with van der Waals surface area (Å²) in [6, 6.07) is 8.09. The molecule has 1 aromatic rings. The van der Waals surface area contributed by atoms with E-state index >= 15 is 0 Å². The fraction of sp³-hybridized carbons (Fsp3) is 0.500. The van der Waals surface area contributed by atoms with Crippen LogP contribution in [0, 0.1) is 0 Å². The maximum atomic E-state index is 11.7. The number of anilines is 1. The molecule has 106 valence electrons. The summed E-state index contributed by atoms with van der Waals surface area (Å²) in [4.78, 5) is 13.9. The van der Waals surface area contributed by atoms with E-state index in [9.17, 15) is 4.79 Å². The Balaban J connectivity index is 2.22. The molecule has 0 aliphatic heterocycles. The smallest absolute Gasteiger partial charge is 0.238 e. The molecular weight excluding hydrogens is 306 g/mol. The summed E-state index contributed by atoms with van der Waals surface area (Å²) in [6.07, 6.45) is 0. The molecule has 0 radical (unpaired) electrons. The SMILES string of the molecule is CC(C)N(C)CCNCC(=O)Nc1cccc(Br)c1. The van der Waals surface area contributed by atoms with E-state index in [1.54, 1.807) is 0 Å². The van der Waals surface area contributed by atoms with Gasteiger partial charge in [0.1, 0.15) is 0 Å². The Kier molecular flexibility index (Phi) is 7.05. The molecule has 0 fully saturated rings. The van der Waals surface area contributed by atoms with E-state index < -0.39 is 0 Å². The van der Waals surface area contributed by atoms with Crippen molar-refractivity contribution in [2.75, 3.05) is 32.0 Å². The highest BCUT2D eigenvalue weighted by atomic mass is 79.9. The van der Waals surface area contributed by atoms with E-state index in [4.69, 9.17) is 0 Å². The molecule has 1 amide bonds. The van der Waals surface area contributed by atoms with Gasteiger partial charge in [-0.25, -0.2) is 0 Å². The number of nitrogens with one attached hydrogen (secondary N) is 2. The fourth-order valence-electron chi connectivity index (χ4n) is 1.49. The minimum absolute atomic E-state index is 0.0229. The average Bonchev–Trinajstić information content (AvgIpc) is 2.34. The Bertz CT molecular complexity index is 409. The molecule has 0 bridgehead atoms. The number of hydrogen-bond donors (Lipinski definition) is 2. The summed E-state index contributed by atoms with van der Waals surface area (Å²) in [5.41, 5.74) is 0.806. The topological polar surface area (TPSA) is 44.4 Å². The van der Waals surface area contributed by atoms with Gasteiger partial charge in [-0.05, 0) is 39.1 Å². The third kappa shape index (κ3) is 6.71. The van der Waals surface area contributed by atoms with Gasteiger partial charge < -0.3 is 15.5 Å². The van der Waals surface area contributed by atoms with Crippen LogP contribution in [-0.4, -0.2) is 43.5 Å². The van der Waals surface area contributed by atoms with Crippen LogP contribution in [0.3, 0.4) is 0 Å². The number of nitrogens with zero attached hydrogens (tertiary/aromatic N) is 1. The summed E-state index contributed by atoms with van der Waals surface area (Å²) in [5, 5.41) is 5.99. The number of carbonyl (C=O) groups is 1. The highest BCUT2D eigenvalue weighted by Crippen LogP contribution is 2.15. The van der Waals surface area contributed by atoms with Crippen LogP contribution in [0.1, 0.15) is 13.8 Å². The number of hydrogen-bond acceptors (Lipinski definition) is 3. The van der Waals surface area contributed by atoms with Gasteiger partial charge in [-0.3, -0.25) is 4.79 Å². The molecule has 0 heterocycles. The van der Waals surface area contributed by atoms with E-state index in [0.29, 0.717) is 12.6 Å². The van der Waals surface area contributed by atoms with Crippen molar-refractivity contribution >= 4 is 27.5 Å². The zero-order valence-electron chi connectivity index (χ0n) is 11.7. The Hall–Kier alpha value is -0.910. The van der Waals surface area contributed by atoms with Crippen molar-refractivity contribution in [3.8, 4) is 0 Å². The van der Waals surface area contributed by atoms with Crippen molar-refractivity contribution in [3.63, 3.8) is 0 Å². The molecule has 0 saturated heterocycles. The zero-order chi connectivity index (χ0) is 14.3. The molecule has 0 aromatic heterocycles. The number of likely N-dealkylation sites (N-methyl/N-ethyl adjacent to an activating group) is 1. The van der Waals surface area contributed by atoms with Crippen molar-refractivity contribution in [1.29, 1.82) is 0 Å². The second-order valence-electron chi connectivity index (χ2n) is 4.81. The van der Waals surface area contributed by atoms with Crippen LogP contribution < -0.4 is 10.6 Å². The normalized spacial score (nSPS) is 11.1. The predicted molar refractivity (Wildman–Crippen MR) is 83.4 cm³/mol. The lowest BCUT2D eigenvalue weighted by Gasteiger charge is -2.20. The van der Waals surface area contributed by atoms with E-state index in [-0.39, 0.29) is 5.91 Å². The quantitative estimate of drug-likeness (QED) is 0.755. The van der Waals surface area contributed by atoms with Crippen LogP contribution in [0.4, 0.5) is 5.69 Å². The molecule has 4 nitrogen and oxygen atoms in total. The molecule has 0 unspecified atom stereocenters. The average molecular weight is 328 g/mol. The zero-order valence-corrected chi connectivity index (χ0v) is 13.3. The van der Waals surface area contributed by atoms with Crippen LogP contribution in [0.2, 0.25) is 0 Å². The number of carbonyl (C=O) groups excluding carboxylic acids is 1. The second-order valence-corrected chi connectivity index (χ2v) is 5.73. The van der Waals surface area contributed by atoms with E-state index in [2.05, 4.69) is 52.4 Å². The van der Waals surface area contributed by atoms with Crippen molar-refractivity contribution < 1.29 is 4.79 Å². The van der Waals surface area contributed by atoms with Gasteiger partial charge >= 0.3 is 0 Å². The van der Waals surface area contributed by atoms with Gasteiger partial charge in [0.2, 0.25) is 5.91 Å². The molecule has 0 aliphatic rings. The predicted octanol–water partition coefficient (Wildman–Crippen LogP) is 2.32. The summed E-state index contributed by atoms with van der Waals surface area (Å²) in [7, 11) is 2.08. The third-order valence-electron chi connectivity index (χ3n) is 2.92. The first-order valence-corrected chi connectivity index (χ1v) is 7.24. The first-order chi connectivity index (χ1) is 8.99. The summed E-state index contributed by atoms with van der Waals surface area (Å²) < 4.78 is 0.955. The molecule has 0 spiro atoms. The third-order valence-corrected chi connectivity index (χ3v) is 3.41. The van der Waals surface area contributed by atoms with Gasteiger partial charge in [-0.15, -0.1) is 0 Å². The molecule has 5 heteroatoms. The largest absolute Gasteiger partial charge is 0.325 e. The van der Waals surface area contributed by atoms with Crippen molar-refractivity contribution in [3.05, 3.63) is 28.7 Å². The van der Waals surface area contributed by atoms with Gasteiger partial charge in [0.15, 0.2) is 0 Å². The van der Waals surface area contributed by atoms with Crippen LogP contribution in [0.5, 0.6) is 0 Å².